The third-order valence-electron chi connectivity index (χ3n) is 18.1. The first-order chi connectivity index (χ1) is 39.4. The SMILES string of the molecule is COc1ccc(C2OCC(C)(C(=O)OC3CCC(CC(C)C4CC(=O)/C(C)=C/C(C)C(O)C(CO)C(=O)C(C)CC(C)C=CC=CC=C(C)C(OC)CC5CCC(C)C(O)(O5)C(=O)C(=O)N5CCCCC5C(=O)O4)CC3OC)CO2)cc1C. The molecule has 3 saturated heterocycles. The largest absolute Gasteiger partial charge is 0.496 e. The van der Waals surface area contributed by atoms with E-state index < -0.39 is 120 Å². The minimum absolute atomic E-state index is 0.0245. The number of cyclic esters (lactones) is 1. The number of fused-ring (bicyclic) bond motifs is 3. The molecule has 4 fully saturated rings. The van der Waals surface area contributed by atoms with E-state index in [9.17, 15) is 44.1 Å². The Morgan fingerprint density at radius 3 is 2.25 bits per heavy atom. The minimum atomic E-state index is -2.47. The van der Waals surface area contributed by atoms with Crippen LogP contribution in [0.2, 0.25) is 0 Å². The molecule has 4 heterocycles. The Morgan fingerprint density at radius 1 is 0.867 bits per heavy atom. The smallest absolute Gasteiger partial charge is 0.329 e. The molecule has 0 radical (unpaired) electrons. The summed E-state index contributed by atoms with van der Waals surface area (Å²) in [5.74, 6) is -9.51. The first-order valence-corrected chi connectivity index (χ1v) is 30.0. The van der Waals surface area contributed by atoms with Crippen molar-refractivity contribution in [3.05, 3.63) is 76.9 Å². The Balaban J connectivity index is 1.22. The number of carbonyl (C=O) groups excluding carboxylic acids is 6. The van der Waals surface area contributed by atoms with Crippen molar-refractivity contribution in [3.8, 4) is 5.75 Å². The van der Waals surface area contributed by atoms with Gasteiger partial charge < -0.3 is 58.1 Å². The van der Waals surface area contributed by atoms with Gasteiger partial charge >= 0.3 is 11.9 Å². The maximum atomic E-state index is 14.7. The lowest BCUT2D eigenvalue weighted by Crippen LogP contribution is -2.61. The van der Waals surface area contributed by atoms with Crippen LogP contribution in [0.15, 0.2) is 65.8 Å². The van der Waals surface area contributed by atoms with E-state index >= 15 is 0 Å². The van der Waals surface area contributed by atoms with Crippen LogP contribution in [0, 0.1) is 53.8 Å². The second kappa shape index (κ2) is 30.4. The molecule has 1 aromatic rings. The van der Waals surface area contributed by atoms with Gasteiger partial charge in [-0.15, -0.1) is 0 Å². The third-order valence-corrected chi connectivity index (χ3v) is 18.1. The van der Waals surface area contributed by atoms with Crippen molar-refractivity contribution in [3.63, 3.8) is 0 Å². The Kier molecular flexibility index (Phi) is 24.6. The fourth-order valence-electron chi connectivity index (χ4n) is 12.6. The number of piperidine rings is 1. The zero-order valence-corrected chi connectivity index (χ0v) is 51.2. The van der Waals surface area contributed by atoms with Gasteiger partial charge in [0.15, 0.2) is 12.1 Å². The summed E-state index contributed by atoms with van der Waals surface area (Å²) < 4.78 is 48.1. The number of aliphatic hydroxyl groups excluding tert-OH is 2. The zero-order chi connectivity index (χ0) is 60.9. The fourth-order valence-corrected chi connectivity index (χ4v) is 12.6. The van der Waals surface area contributed by atoms with Crippen LogP contribution in [-0.4, -0.2) is 152 Å². The molecule has 15 unspecified atom stereocenters. The van der Waals surface area contributed by atoms with Crippen molar-refractivity contribution in [1.82, 2.24) is 4.90 Å². The molecular formula is C65H95NO17. The molecular weight excluding hydrogens is 1070 g/mol. The lowest BCUT2D eigenvalue weighted by Gasteiger charge is -2.42. The number of amides is 1. The second-order valence-corrected chi connectivity index (χ2v) is 24.9. The number of esters is 2. The number of rotatable bonds is 10. The highest BCUT2D eigenvalue weighted by molar-refractivity contribution is 6.39. The van der Waals surface area contributed by atoms with Crippen LogP contribution in [0.3, 0.4) is 0 Å². The molecule has 1 saturated carbocycles. The number of methoxy groups -OCH3 is 3. The first-order valence-electron chi connectivity index (χ1n) is 30.0. The summed E-state index contributed by atoms with van der Waals surface area (Å²) in [7, 11) is 4.74. The molecule has 15 atom stereocenters. The summed E-state index contributed by atoms with van der Waals surface area (Å²) in [5.41, 5.74) is 1.76. The lowest BCUT2D eigenvalue weighted by atomic mass is 9.78. The quantitative estimate of drug-likeness (QED) is 0.147. The molecule has 18 nitrogen and oxygen atoms in total. The maximum Gasteiger partial charge on any atom is 0.329 e. The van der Waals surface area contributed by atoms with Crippen molar-refractivity contribution in [2.24, 2.45) is 46.8 Å². The van der Waals surface area contributed by atoms with Crippen LogP contribution in [0.25, 0.3) is 0 Å². The molecule has 1 aliphatic carbocycles. The van der Waals surface area contributed by atoms with Gasteiger partial charge in [-0.2, -0.15) is 0 Å². The van der Waals surface area contributed by atoms with Gasteiger partial charge in [0.1, 0.15) is 35.2 Å². The number of nitrogens with zero attached hydrogens (tertiary/aromatic N) is 1. The number of benzene rings is 1. The Bertz CT molecular complexity index is 2530. The van der Waals surface area contributed by atoms with E-state index in [1.54, 1.807) is 62.0 Å². The predicted octanol–water partition coefficient (Wildman–Crippen LogP) is 8.39. The molecule has 0 spiro atoms. The molecule has 462 valence electrons. The van der Waals surface area contributed by atoms with Crippen molar-refractivity contribution < 1.29 is 82.0 Å². The summed E-state index contributed by atoms with van der Waals surface area (Å²) in [4.78, 5) is 86.9. The number of aliphatic hydroxyl groups is 3. The third kappa shape index (κ3) is 17.0. The number of ether oxygens (including phenoxy) is 8. The van der Waals surface area contributed by atoms with Gasteiger partial charge in [0.25, 0.3) is 11.7 Å². The van der Waals surface area contributed by atoms with E-state index in [0.29, 0.717) is 57.8 Å². The summed E-state index contributed by atoms with van der Waals surface area (Å²) >= 11 is 0. The van der Waals surface area contributed by atoms with E-state index in [4.69, 9.17) is 37.9 Å². The number of hydrogen-bond acceptors (Lipinski definition) is 17. The topological polar surface area (TPSA) is 240 Å². The highest BCUT2D eigenvalue weighted by atomic mass is 16.7. The minimum Gasteiger partial charge on any atom is -0.496 e. The van der Waals surface area contributed by atoms with E-state index in [2.05, 4.69) is 0 Å². The van der Waals surface area contributed by atoms with Crippen LogP contribution in [0.4, 0.5) is 0 Å². The van der Waals surface area contributed by atoms with Crippen molar-refractivity contribution in [2.45, 2.75) is 194 Å². The zero-order valence-electron chi connectivity index (χ0n) is 51.2. The van der Waals surface area contributed by atoms with Gasteiger partial charge in [-0.25, -0.2) is 4.79 Å². The fraction of sp³-hybridized carbons (Fsp3) is 0.692. The second-order valence-electron chi connectivity index (χ2n) is 24.9. The Hall–Kier alpha value is -4.92. The molecule has 2 bridgehead atoms. The summed E-state index contributed by atoms with van der Waals surface area (Å²) in [6, 6.07) is 4.43. The molecule has 3 N–H and O–H groups in total. The molecule has 4 aliphatic heterocycles. The Labute approximate surface area is 491 Å². The van der Waals surface area contributed by atoms with Gasteiger partial charge in [0.2, 0.25) is 5.79 Å². The van der Waals surface area contributed by atoms with Crippen LogP contribution < -0.4 is 4.74 Å². The standard InChI is InChI=1S/C65H95NO17/c1-38-18-14-13-15-19-39(2)54(77-11)33-48-24-21-45(8)65(75,83-48)59(71)60(72)66-27-17-16-20-50(66)61(73)81-55(34-51(68)40(3)29-44(7)58(70)49(35-67)57(69)43(6)28-38)41(4)30-46-22-25-53(56(32-46)78-12)82-63(74)64(9)36-79-62(80-37-64)47-23-26-52(76-10)42(5)31-47/h13-15,18-19,23,26,29,31,38,41,43-46,48-50,53-56,58,62,67,70,75H,16-17,20-22,24-25,27-28,30,32-37H2,1-12H3/b15-13?,18-14?,39-19?,40-29+. The van der Waals surface area contributed by atoms with Crippen molar-refractivity contribution >= 4 is 35.2 Å². The average Bonchev–Trinajstić information content (AvgIpc) is 3.60. The van der Waals surface area contributed by atoms with Gasteiger partial charge in [-0.05, 0) is 138 Å². The monoisotopic (exact) mass is 1160 g/mol. The molecule has 6 rings (SSSR count). The molecule has 0 aromatic heterocycles. The first kappa shape index (κ1) is 67.2. The van der Waals surface area contributed by atoms with Crippen LogP contribution in [0.5, 0.6) is 5.75 Å². The number of hydrogen-bond donors (Lipinski definition) is 3. The lowest BCUT2D eigenvalue weighted by molar-refractivity contribution is -0.265. The van der Waals surface area contributed by atoms with E-state index in [1.165, 1.54) is 4.90 Å². The van der Waals surface area contributed by atoms with Gasteiger partial charge in [0, 0.05) is 56.9 Å². The molecule has 83 heavy (non-hydrogen) atoms. The number of ketones is 3. The number of allylic oxidation sites excluding steroid dienone is 6. The summed E-state index contributed by atoms with van der Waals surface area (Å²) in [6.07, 6.45) is 10.5. The number of Topliss-reactive ketones (excluding diaryl/α,β-unsaturated/α-hetero) is 3. The molecule has 1 aromatic carbocycles. The van der Waals surface area contributed by atoms with Gasteiger partial charge in [0.05, 0.1) is 57.3 Å². The predicted molar refractivity (Wildman–Crippen MR) is 309 cm³/mol. The molecule has 18 heteroatoms. The summed E-state index contributed by atoms with van der Waals surface area (Å²) in [6.45, 7) is 15.8. The van der Waals surface area contributed by atoms with Gasteiger partial charge in [-0.3, -0.25) is 24.0 Å². The number of aryl methyl sites for hydroxylation is 1. The van der Waals surface area contributed by atoms with Crippen molar-refractivity contribution in [1.29, 1.82) is 0 Å². The van der Waals surface area contributed by atoms with E-state index in [0.717, 1.165) is 22.4 Å². The Morgan fingerprint density at radius 2 is 1.59 bits per heavy atom. The van der Waals surface area contributed by atoms with E-state index in [1.807, 2.05) is 76.3 Å². The van der Waals surface area contributed by atoms with E-state index in [-0.39, 0.29) is 68.0 Å². The van der Waals surface area contributed by atoms with Gasteiger partial charge in [-0.1, -0.05) is 77.1 Å². The van der Waals surface area contributed by atoms with Crippen LogP contribution in [-0.2, 0) is 61.9 Å². The summed E-state index contributed by atoms with van der Waals surface area (Å²) in [5, 5.41) is 34.2. The highest BCUT2D eigenvalue weighted by Gasteiger charge is 2.53. The highest BCUT2D eigenvalue weighted by Crippen LogP contribution is 2.40. The average molecular weight is 1160 g/mol. The van der Waals surface area contributed by atoms with Crippen molar-refractivity contribution in [2.75, 3.05) is 47.7 Å². The number of carbonyl (C=O) groups is 6. The normalized spacial score (nSPS) is 36.5. The van der Waals surface area contributed by atoms with Crippen LogP contribution >= 0.6 is 0 Å². The maximum absolute atomic E-state index is 14.7. The molecule has 1 amide bonds. The van der Waals surface area contributed by atoms with Crippen LogP contribution in [0.1, 0.15) is 150 Å². The molecule has 5 aliphatic rings.